The number of anilines is 1. The largest absolute Gasteiger partial charge is 0.390 e. The Bertz CT molecular complexity index is 516. The first-order chi connectivity index (χ1) is 9.77. The van der Waals surface area contributed by atoms with Gasteiger partial charge in [0.2, 0.25) is 5.91 Å². The number of nitrogens with zero attached hydrogens (tertiary/aromatic N) is 1. The van der Waals surface area contributed by atoms with Crippen molar-refractivity contribution in [2.24, 2.45) is 0 Å². The maximum atomic E-state index is 12.1. The standard InChI is InChI=1S/C14H17Cl3N2O2/c1-14(21)2-4-19(5-3-14)8-12(20)18-13-10(16)6-9(15)7-11(13)17/h6-7,21H,2-5,8H2,1H3,(H,18,20). The summed E-state index contributed by atoms with van der Waals surface area (Å²) in [6.07, 6.45) is 1.31. The van der Waals surface area contributed by atoms with Crippen LogP contribution in [0.3, 0.4) is 0 Å². The number of hydrogen-bond acceptors (Lipinski definition) is 3. The van der Waals surface area contributed by atoms with Crippen LogP contribution in [0.15, 0.2) is 12.1 Å². The SMILES string of the molecule is CC1(O)CCN(CC(=O)Nc2c(Cl)cc(Cl)cc2Cl)CC1. The molecule has 2 rings (SSSR count). The van der Waals surface area contributed by atoms with Gasteiger partial charge < -0.3 is 10.4 Å². The Morgan fingerprint density at radius 2 is 1.81 bits per heavy atom. The van der Waals surface area contributed by atoms with Crippen molar-refractivity contribution in [3.8, 4) is 0 Å². The molecule has 4 nitrogen and oxygen atoms in total. The van der Waals surface area contributed by atoms with Crippen LogP contribution in [0.5, 0.6) is 0 Å². The second-order valence-electron chi connectivity index (χ2n) is 5.57. The Balaban J connectivity index is 1.94. The second kappa shape index (κ2) is 6.71. The highest BCUT2D eigenvalue weighted by atomic mass is 35.5. The van der Waals surface area contributed by atoms with Gasteiger partial charge in [-0.15, -0.1) is 0 Å². The van der Waals surface area contributed by atoms with E-state index in [0.717, 1.165) is 0 Å². The number of piperidine rings is 1. The molecule has 0 bridgehead atoms. The Kier molecular flexibility index (Phi) is 5.38. The molecule has 0 spiro atoms. The van der Waals surface area contributed by atoms with Crippen LogP contribution in [0.25, 0.3) is 0 Å². The molecule has 0 atom stereocenters. The van der Waals surface area contributed by atoms with Gasteiger partial charge in [0, 0.05) is 18.1 Å². The molecule has 2 N–H and O–H groups in total. The molecule has 116 valence electrons. The Morgan fingerprint density at radius 1 is 1.29 bits per heavy atom. The monoisotopic (exact) mass is 350 g/mol. The van der Waals surface area contributed by atoms with E-state index in [1.165, 1.54) is 12.1 Å². The normalized spacial score (nSPS) is 18.5. The number of likely N-dealkylation sites (tertiary alicyclic amines) is 1. The van der Waals surface area contributed by atoms with Crippen LogP contribution in [0.4, 0.5) is 5.69 Å². The molecule has 1 aromatic rings. The molecule has 0 unspecified atom stereocenters. The lowest BCUT2D eigenvalue weighted by Gasteiger charge is -2.35. The topological polar surface area (TPSA) is 52.6 Å². The highest BCUT2D eigenvalue weighted by molar-refractivity contribution is 6.42. The van der Waals surface area contributed by atoms with Gasteiger partial charge in [0.1, 0.15) is 0 Å². The molecule has 1 aromatic carbocycles. The van der Waals surface area contributed by atoms with Gasteiger partial charge in [-0.2, -0.15) is 0 Å². The summed E-state index contributed by atoms with van der Waals surface area (Å²) in [5, 5.41) is 13.6. The van der Waals surface area contributed by atoms with Crippen molar-refractivity contribution in [3.05, 3.63) is 27.2 Å². The molecule has 1 fully saturated rings. The number of halogens is 3. The van der Waals surface area contributed by atoms with Crippen molar-refractivity contribution in [2.45, 2.75) is 25.4 Å². The van der Waals surface area contributed by atoms with Gasteiger partial charge in [-0.05, 0) is 31.9 Å². The zero-order valence-electron chi connectivity index (χ0n) is 11.6. The minimum absolute atomic E-state index is 0.192. The summed E-state index contributed by atoms with van der Waals surface area (Å²) >= 11 is 17.9. The Labute approximate surface area is 139 Å². The summed E-state index contributed by atoms with van der Waals surface area (Å²) in [5.74, 6) is -0.192. The number of amides is 1. The van der Waals surface area contributed by atoms with E-state index in [1.807, 2.05) is 11.8 Å². The van der Waals surface area contributed by atoms with Crippen molar-refractivity contribution < 1.29 is 9.90 Å². The van der Waals surface area contributed by atoms with Crippen molar-refractivity contribution in [2.75, 3.05) is 25.0 Å². The highest BCUT2D eigenvalue weighted by Gasteiger charge is 2.28. The molecule has 1 aliphatic rings. The van der Waals surface area contributed by atoms with Crippen molar-refractivity contribution in [1.29, 1.82) is 0 Å². The molecule has 0 aromatic heterocycles. The predicted molar refractivity (Wildman–Crippen MR) is 86.4 cm³/mol. The number of rotatable bonds is 3. The second-order valence-corrected chi connectivity index (χ2v) is 6.82. The van der Waals surface area contributed by atoms with Crippen LogP contribution >= 0.6 is 34.8 Å². The van der Waals surface area contributed by atoms with E-state index in [4.69, 9.17) is 34.8 Å². The minimum Gasteiger partial charge on any atom is -0.390 e. The van der Waals surface area contributed by atoms with Gasteiger partial charge in [0.15, 0.2) is 0 Å². The van der Waals surface area contributed by atoms with E-state index in [1.54, 1.807) is 0 Å². The zero-order chi connectivity index (χ0) is 15.6. The first-order valence-corrected chi connectivity index (χ1v) is 7.79. The third kappa shape index (κ3) is 4.73. The zero-order valence-corrected chi connectivity index (χ0v) is 13.9. The van der Waals surface area contributed by atoms with E-state index in [9.17, 15) is 9.90 Å². The molecule has 1 heterocycles. The number of benzene rings is 1. The molecule has 0 aliphatic carbocycles. The van der Waals surface area contributed by atoms with Gasteiger partial charge >= 0.3 is 0 Å². The average molecular weight is 352 g/mol. The highest BCUT2D eigenvalue weighted by Crippen LogP contribution is 2.33. The number of nitrogens with one attached hydrogen (secondary N) is 1. The van der Waals surface area contributed by atoms with Crippen molar-refractivity contribution >= 4 is 46.4 Å². The van der Waals surface area contributed by atoms with Crippen molar-refractivity contribution in [1.82, 2.24) is 4.90 Å². The molecular weight excluding hydrogens is 335 g/mol. The summed E-state index contributed by atoms with van der Waals surface area (Å²) in [5.41, 5.74) is -0.257. The smallest absolute Gasteiger partial charge is 0.238 e. The number of carbonyl (C=O) groups excluding carboxylic acids is 1. The van der Waals surface area contributed by atoms with Crippen molar-refractivity contribution in [3.63, 3.8) is 0 Å². The fourth-order valence-corrected chi connectivity index (χ4v) is 3.15. The van der Waals surface area contributed by atoms with Gasteiger partial charge in [0.25, 0.3) is 0 Å². The minimum atomic E-state index is -0.629. The van der Waals surface area contributed by atoms with E-state index in [0.29, 0.717) is 46.7 Å². The third-order valence-corrected chi connectivity index (χ3v) is 4.39. The lowest BCUT2D eigenvalue weighted by atomic mass is 9.94. The maximum Gasteiger partial charge on any atom is 0.238 e. The van der Waals surface area contributed by atoms with Crippen LogP contribution in [-0.2, 0) is 4.79 Å². The lowest BCUT2D eigenvalue weighted by molar-refractivity contribution is -0.118. The fraction of sp³-hybridized carbons (Fsp3) is 0.500. The Hall–Kier alpha value is -0.520. The predicted octanol–water partition coefficient (Wildman–Crippen LogP) is 3.43. The van der Waals surface area contributed by atoms with Crippen LogP contribution in [0, 0.1) is 0 Å². The molecule has 21 heavy (non-hydrogen) atoms. The fourth-order valence-electron chi connectivity index (χ4n) is 2.24. The number of carbonyl (C=O) groups is 1. The Morgan fingerprint density at radius 3 is 2.33 bits per heavy atom. The van der Waals surface area contributed by atoms with Crippen LogP contribution in [-0.4, -0.2) is 41.1 Å². The summed E-state index contributed by atoms with van der Waals surface area (Å²) in [4.78, 5) is 14.1. The molecule has 1 aliphatic heterocycles. The quantitative estimate of drug-likeness (QED) is 0.877. The van der Waals surface area contributed by atoms with Crippen LogP contribution < -0.4 is 5.32 Å². The van der Waals surface area contributed by atoms with Gasteiger partial charge in [-0.3, -0.25) is 9.69 Å². The van der Waals surface area contributed by atoms with E-state index >= 15 is 0 Å². The molecular formula is C14H17Cl3N2O2. The number of hydrogen-bond donors (Lipinski definition) is 2. The molecule has 7 heteroatoms. The summed E-state index contributed by atoms with van der Waals surface area (Å²) in [6, 6.07) is 3.06. The summed E-state index contributed by atoms with van der Waals surface area (Å²) in [7, 11) is 0. The van der Waals surface area contributed by atoms with Gasteiger partial charge in [-0.1, -0.05) is 34.8 Å². The van der Waals surface area contributed by atoms with E-state index < -0.39 is 5.60 Å². The summed E-state index contributed by atoms with van der Waals surface area (Å²) in [6.45, 7) is 3.42. The molecule has 1 saturated heterocycles. The molecule has 1 amide bonds. The third-order valence-electron chi connectivity index (χ3n) is 3.57. The van der Waals surface area contributed by atoms with Crippen LogP contribution in [0.1, 0.15) is 19.8 Å². The van der Waals surface area contributed by atoms with E-state index in [2.05, 4.69) is 5.32 Å². The molecule has 0 saturated carbocycles. The lowest BCUT2D eigenvalue weighted by Crippen LogP contribution is -2.45. The molecule has 0 radical (unpaired) electrons. The van der Waals surface area contributed by atoms with Crippen LogP contribution in [0.2, 0.25) is 15.1 Å². The van der Waals surface area contributed by atoms with Gasteiger partial charge in [-0.25, -0.2) is 0 Å². The average Bonchev–Trinajstić information content (AvgIpc) is 2.36. The number of aliphatic hydroxyl groups is 1. The summed E-state index contributed by atoms with van der Waals surface area (Å²) < 4.78 is 0. The maximum absolute atomic E-state index is 12.1. The van der Waals surface area contributed by atoms with E-state index in [-0.39, 0.29) is 12.5 Å². The first kappa shape index (κ1) is 16.8. The first-order valence-electron chi connectivity index (χ1n) is 6.66. The van der Waals surface area contributed by atoms with Gasteiger partial charge in [0.05, 0.1) is 27.9 Å².